The Morgan fingerprint density at radius 2 is 1.97 bits per heavy atom. The Morgan fingerprint density at radius 3 is 2.73 bits per heavy atom. The maximum Gasteiger partial charge on any atom is 0.266 e. The number of amides is 1. The molecule has 2 aromatic carbocycles. The van der Waals surface area contributed by atoms with Crippen molar-refractivity contribution >= 4 is 39.7 Å². The first-order chi connectivity index (χ1) is 14.5. The molecule has 0 radical (unpaired) electrons. The monoisotopic (exact) mass is 438 g/mol. The molecule has 8 heteroatoms. The second-order valence-electron chi connectivity index (χ2n) is 6.79. The average Bonchev–Trinajstić information content (AvgIpc) is 3.13. The highest BCUT2D eigenvalue weighted by Gasteiger charge is 2.22. The first-order valence-electron chi connectivity index (χ1n) is 9.47. The Balaban J connectivity index is 1.63. The van der Waals surface area contributed by atoms with E-state index in [4.69, 9.17) is 11.6 Å². The van der Waals surface area contributed by atoms with Gasteiger partial charge in [-0.15, -0.1) is 11.3 Å². The summed E-state index contributed by atoms with van der Waals surface area (Å²) in [5.41, 5.74) is 1.94. The summed E-state index contributed by atoms with van der Waals surface area (Å²) < 4.78 is 0. The lowest BCUT2D eigenvalue weighted by Crippen LogP contribution is -2.31. The van der Waals surface area contributed by atoms with Gasteiger partial charge in [0.2, 0.25) is 0 Å². The SMILES string of the molecule is CCN(Cc1nc2ccccc2c(=O)[nH]1)C(=O)c1sc(-c2cccc(Cl)c2)nc1C. The number of benzene rings is 2. The second-order valence-corrected chi connectivity index (χ2v) is 8.23. The molecule has 1 amide bonds. The van der Waals surface area contributed by atoms with Gasteiger partial charge in [-0.3, -0.25) is 9.59 Å². The molecule has 6 nitrogen and oxygen atoms in total. The Hall–Kier alpha value is -3.03. The number of carbonyl (C=O) groups is 1. The van der Waals surface area contributed by atoms with Crippen LogP contribution in [0.2, 0.25) is 5.02 Å². The van der Waals surface area contributed by atoms with Gasteiger partial charge in [0, 0.05) is 17.1 Å². The zero-order valence-corrected chi connectivity index (χ0v) is 18.0. The van der Waals surface area contributed by atoms with E-state index in [2.05, 4.69) is 15.0 Å². The van der Waals surface area contributed by atoms with E-state index in [-0.39, 0.29) is 18.0 Å². The largest absolute Gasteiger partial charge is 0.331 e. The molecule has 4 rings (SSSR count). The van der Waals surface area contributed by atoms with Gasteiger partial charge in [-0.25, -0.2) is 9.97 Å². The predicted octanol–water partition coefficient (Wildman–Crippen LogP) is 4.67. The molecule has 0 spiro atoms. The number of fused-ring (bicyclic) bond motifs is 1. The van der Waals surface area contributed by atoms with E-state index in [0.717, 1.165) is 10.6 Å². The van der Waals surface area contributed by atoms with E-state index >= 15 is 0 Å². The zero-order valence-electron chi connectivity index (χ0n) is 16.5. The molecule has 1 N–H and O–H groups in total. The number of aryl methyl sites for hydroxylation is 1. The summed E-state index contributed by atoms with van der Waals surface area (Å²) in [6.07, 6.45) is 0. The molecule has 0 atom stereocenters. The number of thiazole rings is 1. The number of nitrogens with one attached hydrogen (secondary N) is 1. The topological polar surface area (TPSA) is 79.0 Å². The van der Waals surface area contributed by atoms with Crippen molar-refractivity contribution in [2.75, 3.05) is 6.54 Å². The van der Waals surface area contributed by atoms with Crippen LogP contribution < -0.4 is 5.56 Å². The van der Waals surface area contributed by atoms with E-state index in [1.165, 1.54) is 11.3 Å². The molecular formula is C22H19ClN4O2S. The number of aromatic nitrogens is 3. The van der Waals surface area contributed by atoms with Crippen LogP contribution in [0.1, 0.15) is 28.1 Å². The molecule has 2 aromatic heterocycles. The van der Waals surface area contributed by atoms with E-state index in [1.807, 2.05) is 38.1 Å². The fourth-order valence-corrected chi connectivity index (χ4v) is 4.42. The van der Waals surface area contributed by atoms with Gasteiger partial charge in [-0.05, 0) is 38.1 Å². The minimum Gasteiger partial charge on any atom is -0.331 e. The molecular weight excluding hydrogens is 420 g/mol. The summed E-state index contributed by atoms with van der Waals surface area (Å²) in [4.78, 5) is 39.6. The molecule has 152 valence electrons. The first kappa shape index (κ1) is 20.3. The van der Waals surface area contributed by atoms with Crippen LogP contribution in [0, 0.1) is 6.92 Å². The number of H-pyrrole nitrogens is 1. The lowest BCUT2D eigenvalue weighted by Gasteiger charge is -2.19. The van der Waals surface area contributed by atoms with Crippen LogP contribution >= 0.6 is 22.9 Å². The second kappa shape index (κ2) is 8.38. The Labute approximate surface area is 182 Å². The van der Waals surface area contributed by atoms with Gasteiger partial charge in [-0.2, -0.15) is 0 Å². The fourth-order valence-electron chi connectivity index (χ4n) is 3.20. The highest BCUT2D eigenvalue weighted by Crippen LogP contribution is 2.30. The molecule has 0 aliphatic carbocycles. The number of aromatic amines is 1. The smallest absolute Gasteiger partial charge is 0.266 e. The number of nitrogens with zero attached hydrogens (tertiary/aromatic N) is 3. The minimum atomic E-state index is -0.212. The third-order valence-electron chi connectivity index (χ3n) is 4.73. The van der Waals surface area contributed by atoms with Crippen LogP contribution in [0.25, 0.3) is 21.5 Å². The number of hydrogen-bond donors (Lipinski definition) is 1. The summed E-state index contributed by atoms with van der Waals surface area (Å²) in [6.45, 7) is 4.39. The van der Waals surface area contributed by atoms with Crippen molar-refractivity contribution in [1.29, 1.82) is 0 Å². The van der Waals surface area contributed by atoms with E-state index in [1.54, 1.807) is 29.2 Å². The molecule has 0 saturated heterocycles. The van der Waals surface area contributed by atoms with Gasteiger partial charge >= 0.3 is 0 Å². The van der Waals surface area contributed by atoms with E-state index in [0.29, 0.717) is 38.9 Å². The summed E-state index contributed by atoms with van der Waals surface area (Å²) in [6, 6.07) is 14.5. The van der Waals surface area contributed by atoms with Crippen LogP contribution in [0.5, 0.6) is 0 Å². The molecule has 4 aromatic rings. The Morgan fingerprint density at radius 1 is 1.17 bits per heavy atom. The van der Waals surface area contributed by atoms with Crippen molar-refractivity contribution in [3.63, 3.8) is 0 Å². The molecule has 0 saturated carbocycles. The standard InChI is InChI=1S/C22H19ClN4O2S/c1-3-27(12-18-25-17-10-5-4-9-16(17)20(28)26-18)22(29)19-13(2)24-21(30-19)14-7-6-8-15(23)11-14/h4-11H,3,12H2,1-2H3,(H,25,26,28). The van der Waals surface area contributed by atoms with Crippen molar-refractivity contribution in [3.8, 4) is 10.6 Å². The maximum atomic E-state index is 13.2. The van der Waals surface area contributed by atoms with Crippen LogP contribution in [0.3, 0.4) is 0 Å². The lowest BCUT2D eigenvalue weighted by atomic mass is 10.2. The quantitative estimate of drug-likeness (QED) is 0.491. The summed E-state index contributed by atoms with van der Waals surface area (Å²) in [7, 11) is 0. The fraction of sp³-hybridized carbons (Fsp3) is 0.182. The number of para-hydroxylation sites is 1. The van der Waals surface area contributed by atoms with Crippen molar-refractivity contribution in [1.82, 2.24) is 19.9 Å². The number of carbonyl (C=O) groups excluding carboxylic acids is 1. The van der Waals surface area contributed by atoms with Crippen molar-refractivity contribution in [3.05, 3.63) is 80.3 Å². The van der Waals surface area contributed by atoms with Gasteiger partial charge in [-0.1, -0.05) is 35.9 Å². The molecule has 0 fully saturated rings. The number of halogens is 1. The maximum absolute atomic E-state index is 13.2. The number of rotatable bonds is 5. The van der Waals surface area contributed by atoms with Gasteiger partial charge < -0.3 is 9.88 Å². The van der Waals surface area contributed by atoms with Crippen molar-refractivity contribution in [2.24, 2.45) is 0 Å². The van der Waals surface area contributed by atoms with Gasteiger partial charge in [0.25, 0.3) is 11.5 Å². The normalized spacial score (nSPS) is 11.0. The number of hydrogen-bond acceptors (Lipinski definition) is 5. The average molecular weight is 439 g/mol. The van der Waals surface area contributed by atoms with Crippen molar-refractivity contribution in [2.45, 2.75) is 20.4 Å². The summed E-state index contributed by atoms with van der Waals surface area (Å²) in [5.74, 6) is 0.308. The van der Waals surface area contributed by atoms with E-state index < -0.39 is 0 Å². The van der Waals surface area contributed by atoms with Gasteiger partial charge in [0.05, 0.1) is 23.1 Å². The summed E-state index contributed by atoms with van der Waals surface area (Å²) >= 11 is 7.42. The highest BCUT2D eigenvalue weighted by atomic mass is 35.5. The van der Waals surface area contributed by atoms with Crippen LogP contribution in [0.4, 0.5) is 0 Å². The third kappa shape index (κ3) is 3.99. The molecule has 0 unspecified atom stereocenters. The van der Waals surface area contributed by atoms with E-state index in [9.17, 15) is 9.59 Å². The molecule has 2 heterocycles. The lowest BCUT2D eigenvalue weighted by molar-refractivity contribution is 0.0752. The molecule has 0 aliphatic heterocycles. The Kier molecular flexibility index (Phi) is 5.65. The minimum absolute atomic E-state index is 0.142. The zero-order chi connectivity index (χ0) is 21.3. The summed E-state index contributed by atoms with van der Waals surface area (Å²) in [5, 5.41) is 1.89. The Bertz CT molecular complexity index is 1300. The van der Waals surface area contributed by atoms with Crippen LogP contribution in [-0.2, 0) is 6.54 Å². The predicted molar refractivity (Wildman–Crippen MR) is 120 cm³/mol. The molecule has 0 bridgehead atoms. The van der Waals surface area contributed by atoms with Crippen LogP contribution in [0.15, 0.2) is 53.3 Å². The molecule has 0 aliphatic rings. The van der Waals surface area contributed by atoms with Crippen molar-refractivity contribution < 1.29 is 4.79 Å². The van der Waals surface area contributed by atoms with Gasteiger partial charge in [0.15, 0.2) is 0 Å². The highest BCUT2D eigenvalue weighted by molar-refractivity contribution is 7.17. The van der Waals surface area contributed by atoms with Crippen LogP contribution in [-0.4, -0.2) is 32.3 Å². The molecule has 30 heavy (non-hydrogen) atoms. The third-order valence-corrected chi connectivity index (χ3v) is 6.16. The first-order valence-corrected chi connectivity index (χ1v) is 10.7. The van der Waals surface area contributed by atoms with Gasteiger partial charge in [0.1, 0.15) is 15.7 Å².